The molecule has 6 nitrogen and oxygen atoms in total. The van der Waals surface area contributed by atoms with Crippen LogP contribution in [-0.4, -0.2) is 29.1 Å². The van der Waals surface area contributed by atoms with Gasteiger partial charge in [-0.15, -0.1) is 12.4 Å². The van der Waals surface area contributed by atoms with Crippen molar-refractivity contribution in [2.45, 2.75) is 32.2 Å². The molecule has 2 aromatic rings. The summed E-state index contributed by atoms with van der Waals surface area (Å²) in [5, 5.41) is 10.8. The van der Waals surface area contributed by atoms with Gasteiger partial charge in [-0.1, -0.05) is 16.8 Å². The molecule has 1 fully saturated rings. The van der Waals surface area contributed by atoms with Crippen LogP contribution in [0.25, 0.3) is 11.4 Å². The molecule has 136 valence electrons. The second-order valence-electron chi connectivity index (χ2n) is 6.03. The highest BCUT2D eigenvalue weighted by atomic mass is 35.5. The summed E-state index contributed by atoms with van der Waals surface area (Å²) in [6.45, 7) is 2.37. The van der Waals surface area contributed by atoms with Gasteiger partial charge in [0.15, 0.2) is 0 Å². The van der Waals surface area contributed by atoms with E-state index in [2.05, 4.69) is 20.8 Å². The van der Waals surface area contributed by atoms with Gasteiger partial charge >= 0.3 is 0 Å². The Morgan fingerprint density at radius 1 is 1.28 bits per heavy atom. The van der Waals surface area contributed by atoms with Crippen LogP contribution in [0.5, 0.6) is 0 Å². The molecule has 0 saturated carbocycles. The molecule has 0 spiro atoms. The highest BCUT2D eigenvalue weighted by molar-refractivity contribution is 6.30. The van der Waals surface area contributed by atoms with Crippen LogP contribution in [0.2, 0.25) is 5.02 Å². The third kappa shape index (κ3) is 5.99. The molecule has 0 unspecified atom stereocenters. The van der Waals surface area contributed by atoms with Crippen LogP contribution in [0.15, 0.2) is 28.8 Å². The molecule has 0 atom stereocenters. The standard InChI is InChI=1S/C17H21ClN4O2.ClH/c18-14-4-2-13(3-5-14)17-21-16(24-22-17)11-20-15(23)6-1-12-7-9-19-10-8-12;/h2-5,12,19H,1,6-11H2,(H,20,23);1H. The van der Waals surface area contributed by atoms with E-state index in [-0.39, 0.29) is 24.9 Å². The van der Waals surface area contributed by atoms with Crippen LogP contribution >= 0.6 is 24.0 Å². The Kier molecular flexibility index (Phi) is 7.68. The summed E-state index contributed by atoms with van der Waals surface area (Å²) in [6, 6.07) is 7.20. The predicted octanol–water partition coefficient (Wildman–Crippen LogP) is 3.21. The first-order valence-corrected chi connectivity index (χ1v) is 8.64. The average molecular weight is 385 g/mol. The normalized spacial score (nSPS) is 14.8. The van der Waals surface area contributed by atoms with Gasteiger partial charge < -0.3 is 15.2 Å². The Morgan fingerprint density at radius 2 is 2.00 bits per heavy atom. The van der Waals surface area contributed by atoms with Crippen molar-refractivity contribution in [2.75, 3.05) is 13.1 Å². The fourth-order valence-electron chi connectivity index (χ4n) is 2.81. The molecule has 1 aliphatic heterocycles. The van der Waals surface area contributed by atoms with Crippen molar-refractivity contribution in [3.8, 4) is 11.4 Å². The zero-order valence-corrected chi connectivity index (χ0v) is 15.4. The summed E-state index contributed by atoms with van der Waals surface area (Å²) >= 11 is 5.86. The van der Waals surface area contributed by atoms with Gasteiger partial charge in [-0.2, -0.15) is 4.98 Å². The van der Waals surface area contributed by atoms with Crippen LogP contribution < -0.4 is 10.6 Å². The van der Waals surface area contributed by atoms with Gasteiger partial charge in [0.05, 0.1) is 6.54 Å². The zero-order valence-electron chi connectivity index (χ0n) is 13.8. The number of nitrogens with one attached hydrogen (secondary N) is 2. The number of piperidine rings is 1. The number of nitrogens with zero attached hydrogens (tertiary/aromatic N) is 2. The number of amides is 1. The number of rotatable bonds is 6. The zero-order chi connectivity index (χ0) is 16.8. The molecule has 8 heteroatoms. The summed E-state index contributed by atoms with van der Waals surface area (Å²) in [5.74, 6) is 1.57. The Balaban J connectivity index is 0.00000225. The van der Waals surface area contributed by atoms with E-state index >= 15 is 0 Å². The third-order valence-corrected chi connectivity index (χ3v) is 4.50. The number of halogens is 2. The van der Waals surface area contributed by atoms with Crippen LogP contribution in [0.4, 0.5) is 0 Å². The number of aromatic nitrogens is 2. The molecular formula is C17H22Cl2N4O2. The lowest BCUT2D eigenvalue weighted by molar-refractivity contribution is -0.121. The first kappa shape index (κ1) is 19.7. The lowest BCUT2D eigenvalue weighted by Gasteiger charge is -2.22. The molecule has 1 saturated heterocycles. The van der Waals surface area contributed by atoms with Crippen LogP contribution in [-0.2, 0) is 11.3 Å². The fourth-order valence-corrected chi connectivity index (χ4v) is 2.94. The SMILES string of the molecule is Cl.O=C(CCC1CCNCC1)NCc1nc(-c2ccc(Cl)cc2)no1. The topological polar surface area (TPSA) is 80.0 Å². The molecule has 1 amide bonds. The third-order valence-electron chi connectivity index (χ3n) is 4.25. The van der Waals surface area contributed by atoms with Crippen molar-refractivity contribution in [2.24, 2.45) is 5.92 Å². The van der Waals surface area contributed by atoms with Gasteiger partial charge in [0.1, 0.15) is 0 Å². The molecule has 1 aromatic heterocycles. The minimum Gasteiger partial charge on any atom is -0.347 e. The molecule has 2 heterocycles. The van der Waals surface area contributed by atoms with Gasteiger partial charge in [-0.25, -0.2) is 0 Å². The largest absolute Gasteiger partial charge is 0.347 e. The minimum absolute atomic E-state index is 0. The maximum absolute atomic E-state index is 11.9. The van der Waals surface area contributed by atoms with Gasteiger partial charge in [0, 0.05) is 17.0 Å². The molecule has 2 N–H and O–H groups in total. The first-order chi connectivity index (χ1) is 11.7. The summed E-state index contributed by atoms with van der Waals surface area (Å²) in [4.78, 5) is 16.2. The number of carbonyl (C=O) groups excluding carboxylic acids is 1. The van der Waals surface area contributed by atoms with Gasteiger partial charge in [-0.3, -0.25) is 4.79 Å². The maximum Gasteiger partial charge on any atom is 0.246 e. The van der Waals surface area contributed by atoms with E-state index in [4.69, 9.17) is 16.1 Å². The number of hydrogen-bond donors (Lipinski definition) is 2. The fraction of sp³-hybridized carbons (Fsp3) is 0.471. The maximum atomic E-state index is 11.9. The Bertz CT molecular complexity index is 670. The lowest BCUT2D eigenvalue weighted by Crippen LogP contribution is -2.29. The lowest BCUT2D eigenvalue weighted by atomic mass is 9.93. The summed E-state index contributed by atoms with van der Waals surface area (Å²) in [5.41, 5.74) is 0.826. The van der Waals surface area contributed by atoms with E-state index in [0.717, 1.165) is 37.9 Å². The monoisotopic (exact) mass is 384 g/mol. The Morgan fingerprint density at radius 3 is 2.72 bits per heavy atom. The van der Waals surface area contributed by atoms with E-state index in [1.165, 1.54) is 0 Å². The van der Waals surface area contributed by atoms with E-state index < -0.39 is 0 Å². The van der Waals surface area contributed by atoms with Crippen molar-refractivity contribution >= 4 is 29.9 Å². The summed E-state index contributed by atoms with van der Waals surface area (Å²) < 4.78 is 5.18. The smallest absolute Gasteiger partial charge is 0.246 e. The Labute approximate surface area is 158 Å². The number of carbonyl (C=O) groups is 1. The molecule has 3 rings (SSSR count). The second kappa shape index (κ2) is 9.75. The first-order valence-electron chi connectivity index (χ1n) is 8.26. The minimum atomic E-state index is 0. The van der Waals surface area contributed by atoms with Gasteiger partial charge in [0.25, 0.3) is 0 Å². The summed E-state index contributed by atoms with van der Waals surface area (Å²) in [6.07, 6.45) is 3.79. The molecule has 0 bridgehead atoms. The van der Waals surface area contributed by atoms with E-state index in [1.807, 2.05) is 12.1 Å². The van der Waals surface area contributed by atoms with E-state index in [1.54, 1.807) is 12.1 Å². The molecule has 25 heavy (non-hydrogen) atoms. The van der Waals surface area contributed by atoms with Crippen molar-refractivity contribution < 1.29 is 9.32 Å². The molecule has 1 aliphatic rings. The molecule has 1 aromatic carbocycles. The molecular weight excluding hydrogens is 363 g/mol. The quantitative estimate of drug-likeness (QED) is 0.798. The molecule has 0 aliphatic carbocycles. The van der Waals surface area contributed by atoms with Gasteiger partial charge in [0.2, 0.25) is 17.6 Å². The van der Waals surface area contributed by atoms with Crippen molar-refractivity contribution in [1.29, 1.82) is 0 Å². The van der Waals surface area contributed by atoms with Crippen molar-refractivity contribution in [1.82, 2.24) is 20.8 Å². The highest BCUT2D eigenvalue weighted by Crippen LogP contribution is 2.19. The van der Waals surface area contributed by atoms with E-state index in [9.17, 15) is 4.79 Å². The van der Waals surface area contributed by atoms with Crippen molar-refractivity contribution in [3.63, 3.8) is 0 Å². The second-order valence-corrected chi connectivity index (χ2v) is 6.46. The highest BCUT2D eigenvalue weighted by Gasteiger charge is 2.15. The van der Waals surface area contributed by atoms with Crippen LogP contribution in [0.1, 0.15) is 31.6 Å². The number of benzene rings is 1. The van der Waals surface area contributed by atoms with Gasteiger partial charge in [-0.05, 0) is 62.5 Å². The Hall–Kier alpha value is -1.63. The van der Waals surface area contributed by atoms with Crippen molar-refractivity contribution in [3.05, 3.63) is 35.2 Å². The summed E-state index contributed by atoms with van der Waals surface area (Å²) in [7, 11) is 0. The average Bonchev–Trinajstić information content (AvgIpc) is 3.09. The van der Waals surface area contributed by atoms with E-state index in [0.29, 0.717) is 29.1 Å². The van der Waals surface area contributed by atoms with Crippen LogP contribution in [0, 0.1) is 5.92 Å². The van der Waals surface area contributed by atoms with Crippen LogP contribution in [0.3, 0.4) is 0 Å². The predicted molar refractivity (Wildman–Crippen MR) is 98.7 cm³/mol. The number of hydrogen-bond acceptors (Lipinski definition) is 5. The molecule has 0 radical (unpaired) electrons.